The molecule has 5 heteroatoms. The molecular formula is C17H15N3O2. The summed E-state index contributed by atoms with van der Waals surface area (Å²) >= 11 is 0. The molecule has 1 aromatic carbocycles. The number of anilines is 1. The SMILES string of the molecule is Cc1cnc2cc(N3C(=O)OC[C@@H]3c3ccccc3)ccn12. The number of amides is 1. The molecule has 0 bridgehead atoms. The number of pyridine rings is 1. The fraction of sp³-hybridized carbons (Fsp3) is 0.176. The van der Waals surface area contributed by atoms with Crippen LogP contribution in [0.5, 0.6) is 0 Å². The molecule has 0 saturated carbocycles. The summed E-state index contributed by atoms with van der Waals surface area (Å²) in [5.74, 6) is 0. The Morgan fingerprint density at radius 2 is 2.05 bits per heavy atom. The van der Waals surface area contributed by atoms with Crippen LogP contribution in [0.25, 0.3) is 5.65 Å². The van der Waals surface area contributed by atoms with Gasteiger partial charge in [-0.2, -0.15) is 0 Å². The van der Waals surface area contributed by atoms with Crippen molar-refractivity contribution >= 4 is 17.4 Å². The van der Waals surface area contributed by atoms with Crippen LogP contribution in [0.4, 0.5) is 10.5 Å². The van der Waals surface area contributed by atoms with Crippen molar-refractivity contribution in [3.8, 4) is 0 Å². The van der Waals surface area contributed by atoms with Crippen LogP contribution in [0, 0.1) is 6.92 Å². The Labute approximate surface area is 127 Å². The molecule has 0 N–H and O–H groups in total. The topological polar surface area (TPSA) is 46.8 Å². The molecule has 1 aliphatic heterocycles. The molecule has 1 amide bonds. The van der Waals surface area contributed by atoms with E-state index >= 15 is 0 Å². The van der Waals surface area contributed by atoms with Gasteiger partial charge >= 0.3 is 6.09 Å². The highest BCUT2D eigenvalue weighted by Crippen LogP contribution is 2.33. The van der Waals surface area contributed by atoms with Crippen LogP contribution in [0.1, 0.15) is 17.3 Å². The lowest BCUT2D eigenvalue weighted by Crippen LogP contribution is -2.27. The van der Waals surface area contributed by atoms with Crippen LogP contribution in [0.3, 0.4) is 0 Å². The molecule has 1 saturated heterocycles. The van der Waals surface area contributed by atoms with E-state index in [0.29, 0.717) is 6.61 Å². The summed E-state index contributed by atoms with van der Waals surface area (Å²) < 4.78 is 7.25. The van der Waals surface area contributed by atoms with Crippen molar-refractivity contribution in [3.05, 3.63) is 66.1 Å². The van der Waals surface area contributed by atoms with E-state index in [0.717, 1.165) is 22.6 Å². The first-order valence-corrected chi connectivity index (χ1v) is 7.19. The fourth-order valence-electron chi connectivity index (χ4n) is 2.87. The van der Waals surface area contributed by atoms with Gasteiger partial charge in [0.1, 0.15) is 12.3 Å². The summed E-state index contributed by atoms with van der Waals surface area (Å²) in [5, 5.41) is 0. The lowest BCUT2D eigenvalue weighted by molar-refractivity contribution is 0.179. The molecule has 3 aromatic rings. The standard InChI is InChI=1S/C17H15N3O2/c1-12-10-18-16-9-14(7-8-19(12)16)20-15(11-22-17(20)21)13-5-3-2-4-6-13/h2-10,15H,11H2,1H3/t15-/m1/s1. The van der Waals surface area contributed by atoms with Gasteiger partial charge in [-0.3, -0.25) is 4.90 Å². The zero-order chi connectivity index (χ0) is 15.1. The molecule has 110 valence electrons. The van der Waals surface area contributed by atoms with E-state index in [1.54, 1.807) is 4.90 Å². The number of imidazole rings is 1. The monoisotopic (exact) mass is 293 g/mol. The number of ether oxygens (including phenoxy) is 1. The molecule has 3 heterocycles. The smallest absolute Gasteiger partial charge is 0.415 e. The van der Waals surface area contributed by atoms with Crippen LogP contribution in [-0.2, 0) is 4.74 Å². The van der Waals surface area contributed by atoms with Crippen molar-refractivity contribution in [1.29, 1.82) is 0 Å². The number of carbonyl (C=O) groups excluding carboxylic acids is 1. The Morgan fingerprint density at radius 3 is 2.86 bits per heavy atom. The predicted octanol–water partition coefficient (Wildman–Crippen LogP) is 3.34. The normalized spacial score (nSPS) is 18.0. The summed E-state index contributed by atoms with van der Waals surface area (Å²) in [4.78, 5) is 18.2. The zero-order valence-corrected chi connectivity index (χ0v) is 12.1. The Morgan fingerprint density at radius 1 is 1.23 bits per heavy atom. The number of fused-ring (bicyclic) bond motifs is 1. The Hall–Kier alpha value is -2.82. The molecule has 2 aromatic heterocycles. The van der Waals surface area contributed by atoms with Gasteiger partial charge in [0.05, 0.1) is 11.7 Å². The molecule has 4 rings (SSSR count). The first-order valence-electron chi connectivity index (χ1n) is 7.19. The van der Waals surface area contributed by atoms with Gasteiger partial charge in [-0.1, -0.05) is 30.3 Å². The minimum atomic E-state index is -0.318. The van der Waals surface area contributed by atoms with Gasteiger partial charge in [-0.25, -0.2) is 9.78 Å². The molecule has 5 nitrogen and oxygen atoms in total. The van der Waals surface area contributed by atoms with Gasteiger partial charge in [-0.05, 0) is 18.6 Å². The Bertz CT molecular complexity index is 841. The molecule has 0 spiro atoms. The average molecular weight is 293 g/mol. The third kappa shape index (κ3) is 1.94. The van der Waals surface area contributed by atoms with Crippen molar-refractivity contribution in [1.82, 2.24) is 9.38 Å². The highest BCUT2D eigenvalue weighted by Gasteiger charge is 2.35. The number of rotatable bonds is 2. The third-order valence-electron chi connectivity index (χ3n) is 4.02. The number of aryl methyl sites for hydroxylation is 1. The van der Waals surface area contributed by atoms with Crippen LogP contribution < -0.4 is 4.90 Å². The van der Waals surface area contributed by atoms with E-state index < -0.39 is 0 Å². The van der Waals surface area contributed by atoms with E-state index in [9.17, 15) is 4.79 Å². The molecular weight excluding hydrogens is 278 g/mol. The summed E-state index contributed by atoms with van der Waals surface area (Å²) in [6.45, 7) is 2.36. The molecule has 1 atom stereocenters. The largest absolute Gasteiger partial charge is 0.447 e. The highest BCUT2D eigenvalue weighted by atomic mass is 16.6. The van der Waals surface area contributed by atoms with E-state index in [-0.39, 0.29) is 12.1 Å². The van der Waals surface area contributed by atoms with Gasteiger partial charge in [-0.15, -0.1) is 0 Å². The van der Waals surface area contributed by atoms with Crippen LogP contribution in [-0.4, -0.2) is 22.1 Å². The van der Waals surface area contributed by atoms with Gasteiger partial charge in [0, 0.05) is 24.2 Å². The summed E-state index contributed by atoms with van der Waals surface area (Å²) in [5.41, 5.74) is 3.74. The number of hydrogen-bond acceptors (Lipinski definition) is 3. The van der Waals surface area contributed by atoms with E-state index in [1.807, 2.05) is 66.2 Å². The van der Waals surface area contributed by atoms with Gasteiger partial charge in [0.2, 0.25) is 0 Å². The fourth-order valence-corrected chi connectivity index (χ4v) is 2.87. The van der Waals surface area contributed by atoms with Gasteiger partial charge < -0.3 is 9.14 Å². The summed E-state index contributed by atoms with van der Waals surface area (Å²) in [6, 6.07) is 13.7. The third-order valence-corrected chi connectivity index (χ3v) is 4.02. The minimum Gasteiger partial charge on any atom is -0.447 e. The number of aromatic nitrogens is 2. The van der Waals surface area contributed by atoms with E-state index in [4.69, 9.17) is 4.74 Å². The second-order valence-corrected chi connectivity index (χ2v) is 5.39. The second-order valence-electron chi connectivity index (χ2n) is 5.39. The zero-order valence-electron chi connectivity index (χ0n) is 12.1. The van der Waals surface area contributed by atoms with E-state index in [2.05, 4.69) is 4.98 Å². The van der Waals surface area contributed by atoms with Crippen LogP contribution in [0.2, 0.25) is 0 Å². The Balaban J connectivity index is 1.78. The van der Waals surface area contributed by atoms with Crippen molar-refractivity contribution in [2.24, 2.45) is 0 Å². The molecule has 0 unspecified atom stereocenters. The minimum absolute atomic E-state index is 0.104. The van der Waals surface area contributed by atoms with Crippen LogP contribution in [0.15, 0.2) is 54.9 Å². The number of benzene rings is 1. The lowest BCUT2D eigenvalue weighted by Gasteiger charge is -2.21. The number of carbonyl (C=O) groups is 1. The van der Waals surface area contributed by atoms with Crippen molar-refractivity contribution in [3.63, 3.8) is 0 Å². The first-order chi connectivity index (χ1) is 10.7. The molecule has 1 aliphatic rings. The van der Waals surface area contributed by atoms with Gasteiger partial charge in [0.15, 0.2) is 0 Å². The number of nitrogens with zero attached hydrogens (tertiary/aromatic N) is 3. The summed E-state index contributed by atoms with van der Waals surface area (Å²) in [7, 11) is 0. The van der Waals surface area contributed by atoms with Crippen molar-refractivity contribution < 1.29 is 9.53 Å². The average Bonchev–Trinajstić information content (AvgIpc) is 3.11. The number of hydrogen-bond donors (Lipinski definition) is 0. The quantitative estimate of drug-likeness (QED) is 0.728. The lowest BCUT2D eigenvalue weighted by atomic mass is 10.1. The maximum absolute atomic E-state index is 12.2. The highest BCUT2D eigenvalue weighted by molar-refractivity contribution is 5.91. The van der Waals surface area contributed by atoms with Crippen molar-refractivity contribution in [2.45, 2.75) is 13.0 Å². The maximum Gasteiger partial charge on any atom is 0.415 e. The first kappa shape index (κ1) is 12.9. The Kier molecular flexibility index (Phi) is 2.85. The maximum atomic E-state index is 12.2. The van der Waals surface area contributed by atoms with E-state index in [1.165, 1.54) is 0 Å². The molecule has 0 aliphatic carbocycles. The van der Waals surface area contributed by atoms with Crippen molar-refractivity contribution in [2.75, 3.05) is 11.5 Å². The number of cyclic esters (lactones) is 1. The molecule has 1 fully saturated rings. The molecule has 22 heavy (non-hydrogen) atoms. The summed E-state index contributed by atoms with van der Waals surface area (Å²) in [6.07, 6.45) is 3.43. The van der Waals surface area contributed by atoms with Gasteiger partial charge in [0.25, 0.3) is 0 Å². The second kappa shape index (κ2) is 4.87. The van der Waals surface area contributed by atoms with Crippen LogP contribution >= 0.6 is 0 Å². The molecule has 0 radical (unpaired) electrons. The predicted molar refractivity (Wildman–Crippen MR) is 82.9 cm³/mol.